The van der Waals surface area contributed by atoms with E-state index in [4.69, 9.17) is 4.74 Å². The lowest BCUT2D eigenvalue weighted by atomic mass is 10.1. The second-order valence-corrected chi connectivity index (χ2v) is 8.00. The summed E-state index contributed by atoms with van der Waals surface area (Å²) in [5.41, 5.74) is 2.86. The highest BCUT2D eigenvalue weighted by atomic mass is 32.2. The number of hydrogen-bond acceptors (Lipinski definition) is 4. The average molecular weight is 399 g/mol. The molecule has 0 aromatic heterocycles. The van der Waals surface area contributed by atoms with Gasteiger partial charge in [0.25, 0.3) is 0 Å². The maximum absolute atomic E-state index is 12.9. The largest absolute Gasteiger partial charge is 0.495 e. The fourth-order valence-electron chi connectivity index (χ4n) is 3.51. The molecule has 0 radical (unpaired) electrons. The number of thioether (sulfide) groups is 1. The van der Waals surface area contributed by atoms with E-state index >= 15 is 0 Å². The Morgan fingerprint density at radius 1 is 1.25 bits per heavy atom. The quantitative estimate of drug-likeness (QED) is 0.696. The van der Waals surface area contributed by atoms with Gasteiger partial charge in [-0.15, -0.1) is 11.8 Å². The number of benzene rings is 2. The maximum atomic E-state index is 12.9. The summed E-state index contributed by atoms with van der Waals surface area (Å²) in [4.78, 5) is 30.1. The molecule has 148 valence electrons. The summed E-state index contributed by atoms with van der Waals surface area (Å²) in [7, 11) is 3.39. The Labute approximate surface area is 170 Å². The summed E-state index contributed by atoms with van der Waals surface area (Å²) in [6.45, 7) is 2.89. The van der Waals surface area contributed by atoms with Gasteiger partial charge >= 0.3 is 0 Å². The number of methoxy groups -OCH3 is 1. The first-order valence-electron chi connectivity index (χ1n) is 9.26. The van der Waals surface area contributed by atoms with Crippen molar-refractivity contribution in [2.24, 2.45) is 5.92 Å². The van der Waals surface area contributed by atoms with Gasteiger partial charge in [0.1, 0.15) is 5.75 Å². The zero-order valence-corrected chi connectivity index (χ0v) is 17.6. The second-order valence-electron chi connectivity index (χ2n) is 7.12. The number of amides is 2. The van der Waals surface area contributed by atoms with Crippen LogP contribution >= 0.6 is 11.8 Å². The van der Waals surface area contributed by atoms with Crippen LogP contribution in [0.4, 0.5) is 5.69 Å². The lowest BCUT2D eigenvalue weighted by Crippen LogP contribution is -2.34. The number of rotatable bonds is 6. The predicted molar refractivity (Wildman–Crippen MR) is 113 cm³/mol. The molecule has 0 spiro atoms. The van der Waals surface area contributed by atoms with E-state index < -0.39 is 0 Å². The molecular weight excluding hydrogens is 372 g/mol. The molecule has 0 N–H and O–H groups in total. The predicted octanol–water partition coefficient (Wildman–Crippen LogP) is 3.74. The summed E-state index contributed by atoms with van der Waals surface area (Å²) < 4.78 is 5.41. The van der Waals surface area contributed by atoms with Crippen LogP contribution in [-0.4, -0.2) is 43.7 Å². The van der Waals surface area contributed by atoms with Crippen molar-refractivity contribution in [1.82, 2.24) is 4.90 Å². The van der Waals surface area contributed by atoms with Gasteiger partial charge in [-0.05, 0) is 48.6 Å². The van der Waals surface area contributed by atoms with Crippen LogP contribution in [0.5, 0.6) is 5.75 Å². The van der Waals surface area contributed by atoms with Gasteiger partial charge < -0.3 is 14.5 Å². The number of nitrogens with zero attached hydrogens (tertiary/aromatic N) is 2. The lowest BCUT2D eigenvalue weighted by Gasteiger charge is -2.22. The van der Waals surface area contributed by atoms with Crippen molar-refractivity contribution in [1.29, 1.82) is 0 Å². The molecule has 6 heteroatoms. The number of carbonyl (C=O) groups is 2. The highest BCUT2D eigenvalue weighted by Gasteiger charge is 2.37. The van der Waals surface area contributed by atoms with Gasteiger partial charge in [0, 0.05) is 31.5 Å². The molecule has 3 rings (SSSR count). The fourth-order valence-corrected chi connectivity index (χ4v) is 3.92. The number of ether oxygens (including phenoxy) is 1. The van der Waals surface area contributed by atoms with Crippen LogP contribution in [-0.2, 0) is 16.1 Å². The summed E-state index contributed by atoms with van der Waals surface area (Å²) in [5, 5.41) is 0. The zero-order chi connectivity index (χ0) is 20.3. The molecule has 1 aliphatic heterocycles. The average Bonchev–Trinajstić information content (AvgIpc) is 3.09. The van der Waals surface area contributed by atoms with Crippen LogP contribution in [0.25, 0.3) is 0 Å². The van der Waals surface area contributed by atoms with Crippen LogP contribution in [0, 0.1) is 12.8 Å². The molecule has 2 amide bonds. The molecule has 1 fully saturated rings. The van der Waals surface area contributed by atoms with Crippen molar-refractivity contribution in [2.45, 2.75) is 24.8 Å². The van der Waals surface area contributed by atoms with Crippen LogP contribution in [0.2, 0.25) is 0 Å². The van der Waals surface area contributed by atoms with Crippen molar-refractivity contribution in [3.05, 3.63) is 53.6 Å². The molecule has 0 aliphatic carbocycles. The van der Waals surface area contributed by atoms with Gasteiger partial charge in [0.15, 0.2) is 0 Å². The minimum absolute atomic E-state index is 0.00332. The molecule has 1 atom stereocenters. The van der Waals surface area contributed by atoms with Crippen molar-refractivity contribution in [3.8, 4) is 5.75 Å². The third-order valence-electron chi connectivity index (χ3n) is 5.05. The smallest absolute Gasteiger partial charge is 0.228 e. The number of anilines is 1. The third-order valence-corrected chi connectivity index (χ3v) is 5.80. The van der Waals surface area contributed by atoms with E-state index in [-0.39, 0.29) is 24.2 Å². The monoisotopic (exact) mass is 398 g/mol. The van der Waals surface area contributed by atoms with E-state index in [9.17, 15) is 9.59 Å². The van der Waals surface area contributed by atoms with Gasteiger partial charge in [0.05, 0.1) is 18.7 Å². The molecular formula is C22H26N2O3S. The molecule has 1 saturated heterocycles. The Morgan fingerprint density at radius 3 is 2.61 bits per heavy atom. The van der Waals surface area contributed by atoms with Crippen LogP contribution < -0.4 is 9.64 Å². The summed E-state index contributed by atoms with van der Waals surface area (Å²) in [5.74, 6) is 0.263. The number of aryl methyl sites for hydroxylation is 1. The first-order chi connectivity index (χ1) is 13.4. The number of carbonyl (C=O) groups excluding carboxylic acids is 2. The van der Waals surface area contributed by atoms with Gasteiger partial charge in [0.2, 0.25) is 11.8 Å². The second kappa shape index (κ2) is 8.69. The Hall–Kier alpha value is -2.47. The lowest BCUT2D eigenvalue weighted by molar-refractivity contribution is -0.135. The van der Waals surface area contributed by atoms with Crippen LogP contribution in [0.1, 0.15) is 17.5 Å². The molecule has 28 heavy (non-hydrogen) atoms. The van der Waals surface area contributed by atoms with E-state index in [1.54, 1.807) is 35.7 Å². The van der Waals surface area contributed by atoms with Crippen molar-refractivity contribution in [2.75, 3.05) is 31.9 Å². The minimum atomic E-state index is -0.340. The third kappa shape index (κ3) is 4.33. The standard InChI is InChI=1S/C22H26N2O3S/c1-15-5-10-20(27-3)19(11-15)24-14-17(12-21(24)25)22(26)23(2)13-16-6-8-18(28-4)9-7-16/h5-11,17H,12-14H2,1-4H3/t17-/m0/s1. The topological polar surface area (TPSA) is 49.9 Å². The molecule has 2 aromatic rings. The van der Waals surface area contributed by atoms with E-state index in [1.165, 1.54) is 4.90 Å². The Balaban J connectivity index is 1.70. The van der Waals surface area contributed by atoms with Crippen LogP contribution in [0.15, 0.2) is 47.4 Å². The van der Waals surface area contributed by atoms with Gasteiger partial charge in [-0.3, -0.25) is 9.59 Å². The van der Waals surface area contributed by atoms with Gasteiger partial charge in [-0.25, -0.2) is 0 Å². The van der Waals surface area contributed by atoms with E-state index in [0.717, 1.165) is 16.8 Å². The number of hydrogen-bond donors (Lipinski definition) is 0. The molecule has 0 bridgehead atoms. The summed E-state index contributed by atoms with van der Waals surface area (Å²) in [6.07, 6.45) is 2.27. The van der Waals surface area contributed by atoms with Crippen LogP contribution in [0.3, 0.4) is 0 Å². The first kappa shape index (κ1) is 20.3. The Kier molecular flexibility index (Phi) is 6.29. The van der Waals surface area contributed by atoms with Crippen molar-refractivity contribution >= 4 is 29.3 Å². The van der Waals surface area contributed by atoms with Gasteiger partial charge in [-0.2, -0.15) is 0 Å². The molecule has 0 unspecified atom stereocenters. The fraction of sp³-hybridized carbons (Fsp3) is 0.364. The van der Waals surface area contributed by atoms with Gasteiger partial charge in [-0.1, -0.05) is 18.2 Å². The van der Waals surface area contributed by atoms with E-state index in [1.807, 2.05) is 43.5 Å². The zero-order valence-electron chi connectivity index (χ0n) is 16.8. The van der Waals surface area contributed by atoms with Crippen molar-refractivity contribution in [3.63, 3.8) is 0 Å². The maximum Gasteiger partial charge on any atom is 0.228 e. The minimum Gasteiger partial charge on any atom is -0.495 e. The molecule has 5 nitrogen and oxygen atoms in total. The molecule has 2 aromatic carbocycles. The highest BCUT2D eigenvalue weighted by molar-refractivity contribution is 7.98. The summed E-state index contributed by atoms with van der Waals surface area (Å²) in [6, 6.07) is 13.9. The van der Waals surface area contributed by atoms with E-state index in [2.05, 4.69) is 12.1 Å². The highest BCUT2D eigenvalue weighted by Crippen LogP contribution is 2.34. The normalized spacial score (nSPS) is 16.4. The molecule has 1 heterocycles. The van der Waals surface area contributed by atoms with E-state index in [0.29, 0.717) is 18.8 Å². The Bertz CT molecular complexity index is 867. The Morgan fingerprint density at radius 2 is 1.96 bits per heavy atom. The molecule has 1 aliphatic rings. The first-order valence-corrected chi connectivity index (χ1v) is 10.5. The molecule has 0 saturated carbocycles. The SMILES string of the molecule is COc1ccc(C)cc1N1C[C@@H](C(=O)N(C)Cc2ccc(SC)cc2)CC1=O. The summed E-state index contributed by atoms with van der Waals surface area (Å²) >= 11 is 1.69. The van der Waals surface area contributed by atoms with Crippen molar-refractivity contribution < 1.29 is 14.3 Å².